The van der Waals surface area contributed by atoms with Crippen LogP contribution in [0.4, 0.5) is 0 Å². The maximum atomic E-state index is 12.5. The monoisotopic (exact) mass is 406 g/mol. The quantitative estimate of drug-likeness (QED) is 0.643. The van der Waals surface area contributed by atoms with E-state index in [1.807, 2.05) is 6.92 Å². The first-order chi connectivity index (χ1) is 11.8. The van der Waals surface area contributed by atoms with Crippen molar-refractivity contribution >= 4 is 28.2 Å². The Kier molecular flexibility index (Phi) is 7.73. The summed E-state index contributed by atoms with van der Waals surface area (Å²) < 4.78 is 35.2. The third-order valence-electron chi connectivity index (χ3n) is 4.64. The van der Waals surface area contributed by atoms with Crippen LogP contribution in [0.25, 0.3) is 0 Å². The minimum atomic E-state index is -3.61. The SMILES string of the molecule is COc1ccc(S(=O)(=O)CCC(=O)NC(C)(CN)C2CC2)cc1OC.Cl. The molecule has 2 rings (SSSR count). The van der Waals surface area contributed by atoms with Crippen LogP contribution in [0.1, 0.15) is 26.2 Å². The van der Waals surface area contributed by atoms with E-state index in [4.69, 9.17) is 15.2 Å². The second kappa shape index (κ2) is 8.92. The first-order valence-electron chi connectivity index (χ1n) is 8.21. The van der Waals surface area contributed by atoms with Crippen LogP contribution >= 0.6 is 12.4 Å². The molecular weight excluding hydrogens is 380 g/mol. The molecule has 1 unspecified atom stereocenters. The van der Waals surface area contributed by atoms with Crippen LogP contribution in [0.15, 0.2) is 23.1 Å². The lowest BCUT2D eigenvalue weighted by atomic mass is 9.96. The topological polar surface area (TPSA) is 108 Å². The van der Waals surface area contributed by atoms with Crippen LogP contribution in [0, 0.1) is 5.92 Å². The Morgan fingerprint density at radius 3 is 2.38 bits per heavy atom. The molecule has 1 aromatic rings. The summed E-state index contributed by atoms with van der Waals surface area (Å²) in [5.41, 5.74) is 5.32. The molecule has 0 spiro atoms. The normalized spacial score (nSPS) is 16.2. The number of carbonyl (C=O) groups excluding carboxylic acids is 1. The van der Waals surface area contributed by atoms with Crippen molar-refractivity contribution in [1.82, 2.24) is 5.32 Å². The predicted molar refractivity (Wildman–Crippen MR) is 102 cm³/mol. The number of benzene rings is 1. The van der Waals surface area contributed by atoms with Crippen molar-refractivity contribution in [1.29, 1.82) is 0 Å². The molecule has 1 amide bonds. The maximum Gasteiger partial charge on any atom is 0.221 e. The lowest BCUT2D eigenvalue weighted by Crippen LogP contribution is -2.53. The van der Waals surface area contributed by atoms with Gasteiger partial charge in [-0.25, -0.2) is 8.42 Å². The highest BCUT2D eigenvalue weighted by Crippen LogP contribution is 2.39. The summed E-state index contributed by atoms with van der Waals surface area (Å²) in [6.07, 6.45) is 1.97. The Labute approximate surface area is 160 Å². The molecule has 9 heteroatoms. The second-order valence-corrected chi connectivity index (χ2v) is 8.64. The van der Waals surface area contributed by atoms with Crippen molar-refractivity contribution in [3.8, 4) is 11.5 Å². The van der Waals surface area contributed by atoms with Gasteiger partial charge in [0.05, 0.1) is 30.4 Å². The van der Waals surface area contributed by atoms with Gasteiger partial charge in [0.25, 0.3) is 0 Å². The molecule has 1 aliphatic carbocycles. The fourth-order valence-corrected chi connectivity index (χ4v) is 4.03. The van der Waals surface area contributed by atoms with Crippen molar-refractivity contribution in [2.24, 2.45) is 11.7 Å². The zero-order valence-corrected chi connectivity index (χ0v) is 16.9. The van der Waals surface area contributed by atoms with Gasteiger partial charge in [0.2, 0.25) is 5.91 Å². The summed E-state index contributed by atoms with van der Waals surface area (Å²) in [5, 5.41) is 2.90. The molecule has 0 aromatic heterocycles. The van der Waals surface area contributed by atoms with Gasteiger partial charge in [0.1, 0.15) is 0 Å². The van der Waals surface area contributed by atoms with Crippen molar-refractivity contribution < 1.29 is 22.7 Å². The molecule has 0 bridgehead atoms. The number of sulfone groups is 1. The van der Waals surface area contributed by atoms with Gasteiger partial charge < -0.3 is 20.5 Å². The second-order valence-electron chi connectivity index (χ2n) is 6.53. The van der Waals surface area contributed by atoms with E-state index >= 15 is 0 Å². The Morgan fingerprint density at radius 1 is 1.27 bits per heavy atom. The summed E-state index contributed by atoms with van der Waals surface area (Å²) in [7, 11) is -0.693. The van der Waals surface area contributed by atoms with Crippen molar-refractivity contribution in [2.45, 2.75) is 36.6 Å². The Bertz CT molecular complexity index is 737. The van der Waals surface area contributed by atoms with Crippen LogP contribution in [0.5, 0.6) is 11.5 Å². The van der Waals surface area contributed by atoms with Crippen LogP contribution in [-0.4, -0.2) is 46.4 Å². The molecule has 0 saturated heterocycles. The molecule has 1 fully saturated rings. The summed E-state index contributed by atoms with van der Waals surface area (Å²) in [5.74, 6) is 0.576. The summed E-state index contributed by atoms with van der Waals surface area (Å²) in [6.45, 7) is 2.25. The maximum absolute atomic E-state index is 12.5. The first kappa shape index (κ1) is 22.5. The van der Waals surface area contributed by atoms with E-state index in [1.165, 1.54) is 32.4 Å². The van der Waals surface area contributed by atoms with Gasteiger partial charge in [-0.3, -0.25) is 4.79 Å². The van der Waals surface area contributed by atoms with Crippen molar-refractivity contribution in [3.05, 3.63) is 18.2 Å². The van der Waals surface area contributed by atoms with Gasteiger partial charge in [0.15, 0.2) is 21.3 Å². The molecule has 1 aromatic carbocycles. The van der Waals surface area contributed by atoms with E-state index < -0.39 is 15.4 Å². The number of rotatable bonds is 9. The predicted octanol–water partition coefficient (Wildman–Crippen LogP) is 1.53. The molecule has 7 nitrogen and oxygen atoms in total. The molecule has 1 aliphatic rings. The van der Waals surface area contributed by atoms with E-state index in [0.29, 0.717) is 24.0 Å². The number of halogens is 1. The minimum Gasteiger partial charge on any atom is -0.493 e. The highest BCUT2D eigenvalue weighted by atomic mass is 35.5. The van der Waals surface area contributed by atoms with E-state index in [0.717, 1.165) is 12.8 Å². The molecule has 1 atom stereocenters. The average molecular weight is 407 g/mol. The first-order valence-corrected chi connectivity index (χ1v) is 9.87. The third kappa shape index (κ3) is 5.25. The number of carbonyl (C=O) groups is 1. The highest BCUT2D eigenvalue weighted by Gasteiger charge is 2.41. The molecular formula is C17H27ClN2O5S. The van der Waals surface area contributed by atoms with Gasteiger partial charge in [-0.1, -0.05) is 0 Å². The number of hydrogen-bond acceptors (Lipinski definition) is 6. The molecule has 148 valence electrons. The zero-order chi connectivity index (χ0) is 18.7. The molecule has 0 heterocycles. The van der Waals surface area contributed by atoms with Gasteiger partial charge in [-0.15, -0.1) is 12.4 Å². The summed E-state index contributed by atoms with van der Waals surface area (Å²) >= 11 is 0. The largest absolute Gasteiger partial charge is 0.493 e. The Balaban J connectivity index is 0.00000338. The Hall–Kier alpha value is -1.51. The molecule has 1 saturated carbocycles. The van der Waals surface area contributed by atoms with E-state index in [1.54, 1.807) is 0 Å². The number of nitrogens with one attached hydrogen (secondary N) is 1. The lowest BCUT2D eigenvalue weighted by molar-refractivity contribution is -0.122. The number of ether oxygens (including phenoxy) is 2. The highest BCUT2D eigenvalue weighted by molar-refractivity contribution is 7.91. The fraction of sp³-hybridized carbons (Fsp3) is 0.588. The van der Waals surface area contributed by atoms with Crippen molar-refractivity contribution in [3.63, 3.8) is 0 Å². The fourth-order valence-electron chi connectivity index (χ4n) is 2.78. The summed E-state index contributed by atoms with van der Waals surface area (Å²) in [4.78, 5) is 12.3. The van der Waals surface area contributed by atoms with Crippen LogP contribution < -0.4 is 20.5 Å². The number of amides is 1. The smallest absolute Gasteiger partial charge is 0.221 e. The number of methoxy groups -OCH3 is 2. The van der Waals surface area contributed by atoms with Crippen LogP contribution in [0.3, 0.4) is 0 Å². The standard InChI is InChI=1S/C17H26N2O5S.ClH/c1-17(11-18,12-4-5-12)19-16(20)8-9-25(21,22)13-6-7-14(23-2)15(10-13)24-3;/h6-7,10,12H,4-5,8-9,11,18H2,1-3H3,(H,19,20);1H. The summed E-state index contributed by atoms with van der Waals surface area (Å²) in [6, 6.07) is 4.38. The molecule has 26 heavy (non-hydrogen) atoms. The molecule has 3 N–H and O–H groups in total. The Morgan fingerprint density at radius 2 is 1.88 bits per heavy atom. The molecule has 0 aliphatic heterocycles. The van der Waals surface area contributed by atoms with Gasteiger partial charge in [0, 0.05) is 19.0 Å². The number of hydrogen-bond donors (Lipinski definition) is 2. The number of nitrogens with two attached hydrogens (primary N) is 1. The lowest BCUT2D eigenvalue weighted by Gasteiger charge is -2.29. The third-order valence-corrected chi connectivity index (χ3v) is 6.35. The van der Waals surface area contributed by atoms with E-state index in [-0.39, 0.29) is 35.4 Å². The zero-order valence-electron chi connectivity index (χ0n) is 15.3. The van der Waals surface area contributed by atoms with E-state index in [2.05, 4.69) is 5.32 Å². The van der Waals surface area contributed by atoms with Crippen molar-refractivity contribution in [2.75, 3.05) is 26.5 Å². The van der Waals surface area contributed by atoms with Gasteiger partial charge in [-0.05, 0) is 37.8 Å². The van der Waals surface area contributed by atoms with Gasteiger partial charge >= 0.3 is 0 Å². The van der Waals surface area contributed by atoms with Crippen LogP contribution in [0.2, 0.25) is 0 Å². The molecule has 0 radical (unpaired) electrons. The van der Waals surface area contributed by atoms with Gasteiger partial charge in [-0.2, -0.15) is 0 Å². The van der Waals surface area contributed by atoms with E-state index in [9.17, 15) is 13.2 Å². The van der Waals surface area contributed by atoms with Crippen LogP contribution in [-0.2, 0) is 14.6 Å². The average Bonchev–Trinajstić information content (AvgIpc) is 3.44. The minimum absolute atomic E-state index is 0.